The molecule has 28 heavy (non-hydrogen) atoms. The van der Waals surface area contributed by atoms with Gasteiger partial charge in [-0.15, -0.1) is 0 Å². The maximum Gasteiger partial charge on any atom is 0.255 e. The summed E-state index contributed by atoms with van der Waals surface area (Å²) in [4.78, 5) is 12.7. The zero-order valence-corrected chi connectivity index (χ0v) is 16.7. The highest BCUT2D eigenvalue weighted by Gasteiger charge is 2.24. The number of benzene rings is 2. The van der Waals surface area contributed by atoms with E-state index in [2.05, 4.69) is 5.32 Å². The predicted octanol–water partition coefficient (Wildman–Crippen LogP) is 5.81. The highest BCUT2D eigenvalue weighted by atomic mass is 19.1. The van der Waals surface area contributed by atoms with Crippen molar-refractivity contribution in [1.82, 2.24) is 5.32 Å². The largest absolute Gasteiger partial charge is 0.490 e. The lowest BCUT2D eigenvalue weighted by Gasteiger charge is -2.15. The van der Waals surface area contributed by atoms with Crippen LogP contribution >= 0.6 is 0 Å². The molecule has 0 atom stereocenters. The van der Waals surface area contributed by atoms with Crippen LogP contribution in [-0.4, -0.2) is 19.1 Å². The van der Waals surface area contributed by atoms with Gasteiger partial charge < -0.3 is 14.5 Å². The van der Waals surface area contributed by atoms with Crippen molar-refractivity contribution in [2.75, 3.05) is 7.05 Å². The minimum Gasteiger partial charge on any atom is -0.490 e. The predicted molar refractivity (Wildman–Crippen MR) is 110 cm³/mol. The summed E-state index contributed by atoms with van der Waals surface area (Å²) in [6.07, 6.45) is 1.98. The van der Waals surface area contributed by atoms with Crippen LogP contribution in [0.2, 0.25) is 0 Å². The van der Waals surface area contributed by atoms with Gasteiger partial charge in [0.05, 0.1) is 11.7 Å². The van der Waals surface area contributed by atoms with E-state index in [0.717, 1.165) is 11.1 Å². The molecule has 2 aromatic carbocycles. The molecule has 0 unspecified atom stereocenters. The third-order valence-electron chi connectivity index (χ3n) is 4.57. The number of ether oxygens (including phenoxy) is 1. The Labute approximate surface area is 164 Å². The van der Waals surface area contributed by atoms with Gasteiger partial charge >= 0.3 is 0 Å². The van der Waals surface area contributed by atoms with Gasteiger partial charge in [0.1, 0.15) is 22.9 Å². The molecule has 0 saturated heterocycles. The molecular formula is C23H24FNO3. The summed E-state index contributed by atoms with van der Waals surface area (Å²) in [5, 5.41) is 3.32. The number of furan rings is 1. The average Bonchev–Trinajstić information content (AvgIpc) is 3.04. The van der Waals surface area contributed by atoms with Gasteiger partial charge in [-0.3, -0.25) is 4.79 Å². The van der Waals surface area contributed by atoms with Gasteiger partial charge in [0.15, 0.2) is 0 Å². The molecular weight excluding hydrogens is 357 g/mol. The van der Waals surface area contributed by atoms with E-state index in [1.54, 1.807) is 19.2 Å². The number of rotatable bonds is 5. The zero-order valence-electron chi connectivity index (χ0n) is 16.7. The Morgan fingerprint density at radius 3 is 2.46 bits per heavy atom. The third-order valence-corrected chi connectivity index (χ3v) is 4.57. The van der Waals surface area contributed by atoms with Crippen molar-refractivity contribution in [3.05, 3.63) is 59.4 Å². The third kappa shape index (κ3) is 3.65. The van der Waals surface area contributed by atoms with Crippen molar-refractivity contribution >= 4 is 22.4 Å². The minimum absolute atomic E-state index is 0.0206. The average molecular weight is 381 g/mol. The van der Waals surface area contributed by atoms with Crippen LogP contribution in [0.25, 0.3) is 27.9 Å². The number of allylic oxidation sites excluding steroid dienone is 2. The Kier molecular flexibility index (Phi) is 5.54. The minimum atomic E-state index is -0.347. The summed E-state index contributed by atoms with van der Waals surface area (Å²) in [5.74, 6) is 0.471. The van der Waals surface area contributed by atoms with E-state index in [9.17, 15) is 9.18 Å². The van der Waals surface area contributed by atoms with Gasteiger partial charge in [-0.05, 0) is 69.7 Å². The van der Waals surface area contributed by atoms with Crippen LogP contribution in [-0.2, 0) is 0 Å². The molecule has 1 N–H and O–H groups in total. The number of hydrogen-bond donors (Lipinski definition) is 1. The highest BCUT2D eigenvalue weighted by Crippen LogP contribution is 2.39. The Bertz CT molecular complexity index is 1050. The number of halogens is 1. The Morgan fingerprint density at radius 2 is 1.89 bits per heavy atom. The first-order valence-corrected chi connectivity index (χ1v) is 9.24. The summed E-state index contributed by atoms with van der Waals surface area (Å²) in [5.41, 5.74) is 3.56. The smallest absolute Gasteiger partial charge is 0.255 e. The summed E-state index contributed by atoms with van der Waals surface area (Å²) < 4.78 is 25.4. The monoisotopic (exact) mass is 381 g/mol. The molecule has 0 radical (unpaired) electrons. The van der Waals surface area contributed by atoms with Crippen LogP contribution in [0.5, 0.6) is 5.75 Å². The number of carbonyl (C=O) groups excluding carboxylic acids is 1. The first kappa shape index (κ1) is 19.7. The van der Waals surface area contributed by atoms with Crippen LogP contribution in [0.3, 0.4) is 0 Å². The van der Waals surface area contributed by atoms with Crippen LogP contribution in [0.4, 0.5) is 4.39 Å². The first-order valence-electron chi connectivity index (χ1n) is 9.24. The van der Waals surface area contributed by atoms with Crippen LogP contribution in [0.15, 0.2) is 46.9 Å². The van der Waals surface area contributed by atoms with Crippen molar-refractivity contribution in [2.24, 2.45) is 0 Å². The molecule has 5 heteroatoms. The molecule has 0 aliphatic carbocycles. The Balaban J connectivity index is 2.33. The molecule has 3 aromatic rings. The summed E-state index contributed by atoms with van der Waals surface area (Å²) in [6, 6.07) is 9.63. The molecule has 0 bridgehead atoms. The van der Waals surface area contributed by atoms with E-state index in [1.807, 2.05) is 45.9 Å². The lowest BCUT2D eigenvalue weighted by atomic mass is 10.0. The van der Waals surface area contributed by atoms with Crippen molar-refractivity contribution in [2.45, 2.75) is 33.8 Å². The van der Waals surface area contributed by atoms with E-state index in [4.69, 9.17) is 9.15 Å². The van der Waals surface area contributed by atoms with Crippen LogP contribution < -0.4 is 10.1 Å². The van der Waals surface area contributed by atoms with E-state index < -0.39 is 0 Å². The molecule has 0 aliphatic rings. The van der Waals surface area contributed by atoms with Gasteiger partial charge in [0.25, 0.3) is 5.91 Å². The van der Waals surface area contributed by atoms with E-state index in [-0.39, 0.29) is 17.8 Å². The second kappa shape index (κ2) is 7.89. The van der Waals surface area contributed by atoms with Gasteiger partial charge in [-0.1, -0.05) is 6.08 Å². The molecule has 1 heterocycles. The topological polar surface area (TPSA) is 51.5 Å². The van der Waals surface area contributed by atoms with Gasteiger partial charge in [-0.25, -0.2) is 4.39 Å². The zero-order chi connectivity index (χ0) is 20.4. The van der Waals surface area contributed by atoms with E-state index in [1.165, 1.54) is 12.1 Å². The van der Waals surface area contributed by atoms with Crippen molar-refractivity contribution in [3.8, 4) is 17.1 Å². The van der Waals surface area contributed by atoms with E-state index in [0.29, 0.717) is 33.6 Å². The second-order valence-corrected chi connectivity index (χ2v) is 6.88. The maximum absolute atomic E-state index is 13.4. The number of fused-ring (bicyclic) bond motifs is 1. The lowest BCUT2D eigenvalue weighted by molar-refractivity contribution is 0.0964. The number of nitrogens with one attached hydrogen (secondary N) is 1. The summed E-state index contributed by atoms with van der Waals surface area (Å²) >= 11 is 0. The Morgan fingerprint density at radius 1 is 1.21 bits per heavy atom. The van der Waals surface area contributed by atoms with Crippen molar-refractivity contribution < 1.29 is 18.3 Å². The molecule has 1 aromatic heterocycles. The molecule has 1 amide bonds. The fraction of sp³-hybridized carbons (Fsp3) is 0.261. The summed E-state index contributed by atoms with van der Waals surface area (Å²) in [7, 11) is 1.57. The molecule has 0 spiro atoms. The molecule has 146 valence electrons. The van der Waals surface area contributed by atoms with Crippen LogP contribution in [0, 0.1) is 5.82 Å². The van der Waals surface area contributed by atoms with Crippen LogP contribution in [0.1, 0.15) is 43.6 Å². The standard InChI is InChI=1S/C23H24FNO3/c1-6-14(4)17-11-20-18(12-19(17)27-13(2)3)21(23(26)25-5)22(28-20)15-7-9-16(24)10-8-15/h6-13H,1-5H3,(H,25,26)/b14-6+. The summed E-state index contributed by atoms with van der Waals surface area (Å²) in [6.45, 7) is 7.87. The fourth-order valence-electron chi connectivity index (χ4n) is 3.09. The molecule has 0 saturated carbocycles. The molecule has 4 nitrogen and oxygen atoms in total. The number of amides is 1. The second-order valence-electron chi connectivity index (χ2n) is 6.88. The quantitative estimate of drug-likeness (QED) is 0.607. The van der Waals surface area contributed by atoms with Crippen molar-refractivity contribution in [3.63, 3.8) is 0 Å². The first-order chi connectivity index (χ1) is 13.3. The molecule has 0 fully saturated rings. The Hall–Kier alpha value is -3.08. The van der Waals surface area contributed by atoms with E-state index >= 15 is 0 Å². The fourth-order valence-corrected chi connectivity index (χ4v) is 3.09. The number of carbonyl (C=O) groups is 1. The van der Waals surface area contributed by atoms with Gasteiger partial charge in [0.2, 0.25) is 0 Å². The molecule has 3 rings (SSSR count). The van der Waals surface area contributed by atoms with Crippen molar-refractivity contribution in [1.29, 1.82) is 0 Å². The maximum atomic E-state index is 13.4. The normalized spacial score (nSPS) is 11.9. The highest BCUT2D eigenvalue weighted by molar-refractivity contribution is 6.11. The SMILES string of the molecule is C/C=C(\C)c1cc2oc(-c3ccc(F)cc3)c(C(=O)NC)c2cc1OC(C)C. The lowest BCUT2D eigenvalue weighted by Crippen LogP contribution is -2.18. The number of hydrogen-bond acceptors (Lipinski definition) is 3. The van der Waals surface area contributed by atoms with Gasteiger partial charge in [0, 0.05) is 23.6 Å². The van der Waals surface area contributed by atoms with Gasteiger partial charge in [-0.2, -0.15) is 0 Å². The molecule has 0 aliphatic heterocycles.